The lowest BCUT2D eigenvalue weighted by Gasteiger charge is -2.31. The first-order valence-electron chi connectivity index (χ1n) is 9.39. The minimum absolute atomic E-state index is 0. The van der Waals surface area contributed by atoms with E-state index in [9.17, 15) is 0 Å². The maximum absolute atomic E-state index is 5.92. The van der Waals surface area contributed by atoms with Crippen LogP contribution in [-0.2, 0) is 0 Å². The minimum Gasteiger partial charge on any atom is -1.00 e. The number of nitrogens with zero attached hydrogens (tertiary/aromatic N) is 1. The molecule has 1 aliphatic heterocycles. The number of ether oxygens (including phenoxy) is 2. The Kier molecular flexibility index (Phi) is 13.7. The number of halogens is 3. The number of nitrogen functional groups attached to an aromatic ring is 2. The Hall–Kier alpha value is -1.53. The molecule has 5 nitrogen and oxygen atoms in total. The van der Waals surface area contributed by atoms with Crippen molar-refractivity contribution in [3.05, 3.63) is 48.5 Å². The number of nitrogens with two attached hydrogens (primary N) is 2. The number of hydrogen-bond acceptors (Lipinski definition) is 5. The molecule has 0 unspecified atom stereocenters. The molecule has 0 atom stereocenters. The Labute approximate surface area is 192 Å². The Balaban J connectivity index is 0.00000261. The normalized spacial score (nSPS) is 14.1. The Morgan fingerprint density at radius 3 is 2.24 bits per heavy atom. The highest BCUT2D eigenvalue weighted by atomic mass is 35.5. The lowest BCUT2D eigenvalue weighted by molar-refractivity contribution is -0.001000. The van der Waals surface area contributed by atoms with Gasteiger partial charge in [-0.25, -0.2) is 0 Å². The van der Waals surface area contributed by atoms with E-state index in [0.29, 0.717) is 29.6 Å². The van der Waals surface area contributed by atoms with Crippen LogP contribution in [0.25, 0.3) is 0 Å². The molecule has 2 aromatic rings. The summed E-state index contributed by atoms with van der Waals surface area (Å²) in [6.45, 7) is 4.78. The number of rotatable bonds is 8. The van der Waals surface area contributed by atoms with Gasteiger partial charge in [0.05, 0.1) is 24.6 Å². The third-order valence-corrected chi connectivity index (χ3v) is 4.91. The summed E-state index contributed by atoms with van der Waals surface area (Å²) in [5.41, 5.74) is 12.8. The molecule has 0 aliphatic carbocycles. The van der Waals surface area contributed by atoms with Crippen LogP contribution in [-0.4, -0.2) is 37.7 Å². The van der Waals surface area contributed by atoms with Gasteiger partial charge in [-0.2, -0.15) is 0 Å². The molecule has 1 saturated heterocycles. The van der Waals surface area contributed by atoms with E-state index >= 15 is 0 Å². The first-order chi connectivity index (χ1) is 12.7. The predicted molar refractivity (Wildman–Crippen MR) is 106 cm³/mol. The number of likely N-dealkylation sites (tertiary alicyclic amines) is 1. The van der Waals surface area contributed by atoms with Gasteiger partial charge >= 0.3 is 0 Å². The van der Waals surface area contributed by atoms with Gasteiger partial charge in [-0.3, -0.25) is 0 Å². The molecule has 0 aromatic heterocycles. The average Bonchev–Trinajstić information content (AvgIpc) is 2.68. The molecule has 1 aliphatic rings. The SMILES string of the molecule is Nc1cccc(OCCCN2CCC(COc3ccccc3)CC2)c1N.[Cl-].[Cl-].[Cl-]. The fourth-order valence-corrected chi connectivity index (χ4v) is 3.26. The van der Waals surface area contributed by atoms with Gasteiger partial charge in [0, 0.05) is 6.54 Å². The summed E-state index contributed by atoms with van der Waals surface area (Å²) in [5, 5.41) is 0. The van der Waals surface area contributed by atoms with Crippen molar-refractivity contribution >= 4 is 11.4 Å². The number of piperidine rings is 1. The van der Waals surface area contributed by atoms with Gasteiger partial charge in [-0.15, -0.1) is 0 Å². The highest BCUT2D eigenvalue weighted by Gasteiger charge is 2.19. The summed E-state index contributed by atoms with van der Waals surface area (Å²) in [6, 6.07) is 15.6. The van der Waals surface area contributed by atoms with Crippen molar-refractivity contribution in [1.29, 1.82) is 0 Å². The summed E-state index contributed by atoms with van der Waals surface area (Å²) in [6.07, 6.45) is 3.37. The third-order valence-electron chi connectivity index (χ3n) is 4.91. The second-order valence-electron chi connectivity index (χ2n) is 6.87. The molecular formula is C21H29Cl3N3O2-3. The van der Waals surface area contributed by atoms with Crippen LogP contribution in [0, 0.1) is 5.92 Å². The molecule has 4 N–H and O–H groups in total. The summed E-state index contributed by atoms with van der Waals surface area (Å²) < 4.78 is 11.7. The Morgan fingerprint density at radius 1 is 0.862 bits per heavy atom. The van der Waals surface area contributed by atoms with E-state index < -0.39 is 0 Å². The summed E-state index contributed by atoms with van der Waals surface area (Å²) >= 11 is 0. The van der Waals surface area contributed by atoms with Gasteiger partial charge < -0.3 is 63.1 Å². The van der Waals surface area contributed by atoms with Gasteiger partial charge in [0.2, 0.25) is 0 Å². The molecular weight excluding hydrogens is 433 g/mol. The van der Waals surface area contributed by atoms with E-state index in [1.807, 2.05) is 42.5 Å². The molecule has 2 aromatic carbocycles. The number of para-hydroxylation sites is 2. The van der Waals surface area contributed by atoms with E-state index in [1.54, 1.807) is 6.07 Å². The molecule has 1 heterocycles. The van der Waals surface area contributed by atoms with Crippen molar-refractivity contribution in [1.82, 2.24) is 4.90 Å². The van der Waals surface area contributed by atoms with Crippen LogP contribution in [0.2, 0.25) is 0 Å². The topological polar surface area (TPSA) is 73.7 Å². The molecule has 1 fully saturated rings. The van der Waals surface area contributed by atoms with Crippen LogP contribution in [0.1, 0.15) is 19.3 Å². The zero-order chi connectivity index (χ0) is 18.2. The van der Waals surface area contributed by atoms with Gasteiger partial charge in [-0.05, 0) is 62.5 Å². The summed E-state index contributed by atoms with van der Waals surface area (Å²) in [4.78, 5) is 2.51. The second kappa shape index (κ2) is 14.5. The molecule has 3 rings (SSSR count). The van der Waals surface area contributed by atoms with E-state index in [-0.39, 0.29) is 37.2 Å². The zero-order valence-corrected chi connectivity index (χ0v) is 18.7. The van der Waals surface area contributed by atoms with Crippen LogP contribution < -0.4 is 58.2 Å². The second-order valence-corrected chi connectivity index (χ2v) is 6.87. The molecule has 0 bridgehead atoms. The number of anilines is 2. The fourth-order valence-electron chi connectivity index (χ4n) is 3.26. The van der Waals surface area contributed by atoms with Crippen molar-refractivity contribution in [3.8, 4) is 11.5 Å². The van der Waals surface area contributed by atoms with Crippen LogP contribution in [0.3, 0.4) is 0 Å². The van der Waals surface area contributed by atoms with Crippen molar-refractivity contribution in [2.45, 2.75) is 19.3 Å². The smallest absolute Gasteiger partial charge is 0.144 e. The maximum Gasteiger partial charge on any atom is 0.144 e. The number of benzene rings is 2. The van der Waals surface area contributed by atoms with Gasteiger partial charge in [0.15, 0.2) is 0 Å². The van der Waals surface area contributed by atoms with E-state index in [0.717, 1.165) is 38.4 Å². The van der Waals surface area contributed by atoms with E-state index in [2.05, 4.69) is 4.90 Å². The first-order valence-corrected chi connectivity index (χ1v) is 9.39. The molecule has 8 heteroatoms. The minimum atomic E-state index is 0. The van der Waals surface area contributed by atoms with E-state index in [4.69, 9.17) is 20.9 Å². The highest BCUT2D eigenvalue weighted by molar-refractivity contribution is 5.70. The Bertz CT molecular complexity index is 684. The zero-order valence-electron chi connectivity index (χ0n) is 16.4. The van der Waals surface area contributed by atoms with Gasteiger partial charge in [0.1, 0.15) is 11.5 Å². The van der Waals surface area contributed by atoms with Crippen LogP contribution in [0.15, 0.2) is 48.5 Å². The molecule has 164 valence electrons. The van der Waals surface area contributed by atoms with E-state index in [1.165, 1.54) is 12.8 Å². The lowest BCUT2D eigenvalue weighted by atomic mass is 9.98. The fraction of sp³-hybridized carbons (Fsp3) is 0.429. The molecule has 0 radical (unpaired) electrons. The standard InChI is InChI=1S/C21H29N3O2.3ClH/c22-19-8-4-9-20(21(19)23)25-15-5-12-24-13-10-17(11-14-24)16-26-18-6-2-1-3-7-18;;;/h1-4,6-9,17H,5,10-16,22-23H2;3*1H/p-3. The van der Waals surface area contributed by atoms with Gasteiger partial charge in [0.25, 0.3) is 0 Å². The molecule has 0 amide bonds. The largest absolute Gasteiger partial charge is 1.00 e. The van der Waals surface area contributed by atoms with Crippen molar-refractivity contribution in [3.63, 3.8) is 0 Å². The van der Waals surface area contributed by atoms with Crippen molar-refractivity contribution in [2.75, 3.05) is 44.3 Å². The molecule has 29 heavy (non-hydrogen) atoms. The molecule has 0 saturated carbocycles. The lowest BCUT2D eigenvalue weighted by Crippen LogP contribution is -3.00. The van der Waals surface area contributed by atoms with Crippen LogP contribution in [0.5, 0.6) is 11.5 Å². The third kappa shape index (κ3) is 8.79. The van der Waals surface area contributed by atoms with Crippen LogP contribution >= 0.6 is 0 Å². The Morgan fingerprint density at radius 2 is 1.55 bits per heavy atom. The molecule has 0 spiro atoms. The summed E-state index contributed by atoms with van der Waals surface area (Å²) in [7, 11) is 0. The quantitative estimate of drug-likeness (QED) is 0.303. The van der Waals surface area contributed by atoms with Gasteiger partial charge in [-0.1, -0.05) is 24.3 Å². The highest BCUT2D eigenvalue weighted by Crippen LogP contribution is 2.27. The van der Waals surface area contributed by atoms with Crippen molar-refractivity contribution < 1.29 is 46.7 Å². The maximum atomic E-state index is 5.92. The predicted octanol–water partition coefficient (Wildman–Crippen LogP) is -5.58. The average molecular weight is 462 g/mol. The number of hydrogen-bond donors (Lipinski definition) is 2. The monoisotopic (exact) mass is 460 g/mol. The van der Waals surface area contributed by atoms with Crippen LogP contribution in [0.4, 0.5) is 11.4 Å². The van der Waals surface area contributed by atoms with Crippen molar-refractivity contribution in [2.24, 2.45) is 5.92 Å². The summed E-state index contributed by atoms with van der Waals surface area (Å²) in [5.74, 6) is 2.30. The first kappa shape index (κ1) is 27.5.